The average molecular weight is 206 g/mol. The van der Waals surface area contributed by atoms with Gasteiger partial charge in [-0.3, -0.25) is 0 Å². The lowest BCUT2D eigenvalue weighted by atomic mass is 9.33. The SMILES string of the molecule is CC12CC(CC34CCC(O)(CC3)C4)(C1)C2. The highest BCUT2D eigenvalue weighted by atomic mass is 16.3. The van der Waals surface area contributed by atoms with Gasteiger partial charge in [-0.15, -0.1) is 0 Å². The zero-order valence-electron chi connectivity index (χ0n) is 9.81. The molecule has 84 valence electrons. The summed E-state index contributed by atoms with van der Waals surface area (Å²) in [5, 5.41) is 10.3. The first-order valence-electron chi connectivity index (χ1n) is 6.67. The maximum absolute atomic E-state index is 10.3. The topological polar surface area (TPSA) is 20.2 Å². The highest BCUT2D eigenvalue weighted by molar-refractivity contribution is 5.18. The summed E-state index contributed by atoms with van der Waals surface area (Å²) in [7, 11) is 0. The van der Waals surface area contributed by atoms with Crippen molar-refractivity contribution >= 4 is 0 Å². The van der Waals surface area contributed by atoms with Gasteiger partial charge in [0, 0.05) is 0 Å². The quantitative estimate of drug-likeness (QED) is 0.735. The van der Waals surface area contributed by atoms with Crippen molar-refractivity contribution in [2.75, 3.05) is 0 Å². The molecular weight excluding hydrogens is 184 g/mol. The van der Waals surface area contributed by atoms with Gasteiger partial charge in [-0.25, -0.2) is 0 Å². The Morgan fingerprint density at radius 1 is 0.867 bits per heavy atom. The van der Waals surface area contributed by atoms with E-state index >= 15 is 0 Å². The smallest absolute Gasteiger partial charge is 0.0653 e. The Morgan fingerprint density at radius 2 is 1.47 bits per heavy atom. The van der Waals surface area contributed by atoms with E-state index in [1.54, 1.807) is 0 Å². The predicted molar refractivity (Wildman–Crippen MR) is 59.5 cm³/mol. The van der Waals surface area contributed by atoms with Crippen LogP contribution in [0.15, 0.2) is 0 Å². The second-order valence-corrected chi connectivity index (χ2v) is 7.92. The summed E-state index contributed by atoms with van der Waals surface area (Å²) in [6.45, 7) is 2.45. The largest absolute Gasteiger partial charge is 0.390 e. The van der Waals surface area contributed by atoms with E-state index in [1.165, 1.54) is 38.5 Å². The second-order valence-electron chi connectivity index (χ2n) is 7.92. The average Bonchev–Trinajstić information content (AvgIpc) is 2.53. The fourth-order valence-corrected chi connectivity index (χ4v) is 6.08. The van der Waals surface area contributed by atoms with Crippen LogP contribution in [0.25, 0.3) is 0 Å². The van der Waals surface area contributed by atoms with Crippen molar-refractivity contribution in [1.82, 2.24) is 0 Å². The van der Waals surface area contributed by atoms with E-state index in [1.807, 2.05) is 0 Å². The number of hydrogen-bond donors (Lipinski definition) is 1. The fourth-order valence-electron chi connectivity index (χ4n) is 6.08. The lowest BCUT2D eigenvalue weighted by Crippen LogP contribution is -2.61. The van der Waals surface area contributed by atoms with Crippen LogP contribution < -0.4 is 0 Å². The molecule has 5 fully saturated rings. The molecule has 4 bridgehead atoms. The number of hydrogen-bond acceptors (Lipinski definition) is 1. The lowest BCUT2D eigenvalue weighted by molar-refractivity contribution is -0.210. The van der Waals surface area contributed by atoms with Gasteiger partial charge in [0.25, 0.3) is 0 Å². The van der Waals surface area contributed by atoms with Gasteiger partial charge >= 0.3 is 0 Å². The Bertz CT molecular complexity index is 302. The standard InChI is InChI=1S/C14H22O/c1-11-6-13(7-11,8-11)9-12-2-4-14(15,10-12)5-3-12/h15H,2-10H2,1H3. The third-order valence-corrected chi connectivity index (χ3v) is 6.10. The van der Waals surface area contributed by atoms with E-state index in [9.17, 15) is 5.11 Å². The first kappa shape index (κ1) is 9.04. The van der Waals surface area contributed by atoms with E-state index in [4.69, 9.17) is 0 Å². The Kier molecular flexibility index (Phi) is 1.30. The van der Waals surface area contributed by atoms with Gasteiger partial charge in [0.15, 0.2) is 0 Å². The van der Waals surface area contributed by atoms with Crippen LogP contribution in [0.1, 0.15) is 64.7 Å². The van der Waals surface area contributed by atoms with Crippen LogP contribution in [0.5, 0.6) is 0 Å². The summed E-state index contributed by atoms with van der Waals surface area (Å²) in [6.07, 6.45) is 11.9. The van der Waals surface area contributed by atoms with Gasteiger partial charge in [-0.2, -0.15) is 0 Å². The maximum Gasteiger partial charge on any atom is 0.0653 e. The van der Waals surface area contributed by atoms with Gasteiger partial charge in [-0.1, -0.05) is 6.92 Å². The molecule has 0 unspecified atom stereocenters. The Hall–Kier alpha value is -0.0400. The monoisotopic (exact) mass is 206 g/mol. The zero-order valence-corrected chi connectivity index (χ0v) is 9.81. The highest BCUT2D eigenvalue weighted by Gasteiger charge is 2.67. The molecule has 0 aromatic carbocycles. The first-order valence-corrected chi connectivity index (χ1v) is 6.67. The van der Waals surface area contributed by atoms with E-state index in [-0.39, 0.29) is 5.60 Å². The van der Waals surface area contributed by atoms with E-state index < -0.39 is 0 Å². The maximum atomic E-state index is 10.3. The summed E-state index contributed by atoms with van der Waals surface area (Å²) in [4.78, 5) is 0. The third-order valence-electron chi connectivity index (χ3n) is 6.10. The Labute approximate surface area is 92.3 Å². The van der Waals surface area contributed by atoms with Crippen LogP contribution in [0.3, 0.4) is 0 Å². The van der Waals surface area contributed by atoms with Crippen LogP contribution in [-0.4, -0.2) is 10.7 Å². The minimum atomic E-state index is -0.229. The minimum absolute atomic E-state index is 0.229. The molecule has 0 radical (unpaired) electrons. The second kappa shape index (κ2) is 2.16. The lowest BCUT2D eigenvalue weighted by Gasteiger charge is -2.71. The van der Waals surface area contributed by atoms with Crippen molar-refractivity contribution in [3.05, 3.63) is 0 Å². The molecule has 5 rings (SSSR count). The summed E-state index contributed by atoms with van der Waals surface area (Å²) in [5.41, 5.74) is 1.86. The predicted octanol–water partition coefficient (Wildman–Crippen LogP) is 3.26. The zero-order chi connectivity index (χ0) is 10.4. The van der Waals surface area contributed by atoms with E-state index in [0.717, 1.165) is 30.1 Å². The molecule has 0 atom stereocenters. The number of aliphatic hydroxyl groups is 1. The molecule has 0 aromatic rings. The summed E-state index contributed by atoms with van der Waals surface area (Å²) < 4.78 is 0. The molecule has 0 saturated heterocycles. The third kappa shape index (κ3) is 1.03. The van der Waals surface area contributed by atoms with Gasteiger partial charge in [0.05, 0.1) is 5.60 Å². The van der Waals surface area contributed by atoms with Crippen LogP contribution in [-0.2, 0) is 0 Å². The minimum Gasteiger partial charge on any atom is -0.390 e. The van der Waals surface area contributed by atoms with Crippen molar-refractivity contribution in [3.8, 4) is 0 Å². The molecule has 0 aliphatic heterocycles. The van der Waals surface area contributed by atoms with Gasteiger partial charge < -0.3 is 5.11 Å². The van der Waals surface area contributed by atoms with Crippen molar-refractivity contribution < 1.29 is 5.11 Å². The molecule has 5 aliphatic rings. The molecule has 0 heterocycles. The fraction of sp³-hybridized carbons (Fsp3) is 1.00. The molecule has 0 spiro atoms. The molecule has 5 saturated carbocycles. The van der Waals surface area contributed by atoms with Gasteiger partial charge in [0.1, 0.15) is 0 Å². The molecular formula is C14H22O. The van der Waals surface area contributed by atoms with E-state index in [0.29, 0.717) is 5.41 Å². The highest BCUT2D eigenvalue weighted by Crippen LogP contribution is 2.78. The molecule has 1 nitrogen and oxygen atoms in total. The van der Waals surface area contributed by atoms with Gasteiger partial charge in [0.2, 0.25) is 0 Å². The first-order chi connectivity index (χ1) is 6.95. The number of fused-ring (bicyclic) bond motifs is 2. The van der Waals surface area contributed by atoms with Crippen molar-refractivity contribution in [2.45, 2.75) is 70.3 Å². The van der Waals surface area contributed by atoms with Crippen LogP contribution in [0.4, 0.5) is 0 Å². The molecule has 1 heteroatoms. The molecule has 0 amide bonds. The molecule has 5 aliphatic carbocycles. The summed E-state index contributed by atoms with van der Waals surface area (Å²) in [6, 6.07) is 0. The molecule has 15 heavy (non-hydrogen) atoms. The molecule has 1 N–H and O–H groups in total. The summed E-state index contributed by atoms with van der Waals surface area (Å²) in [5.74, 6) is 0. The van der Waals surface area contributed by atoms with Crippen molar-refractivity contribution in [3.63, 3.8) is 0 Å². The molecule has 0 aromatic heterocycles. The Morgan fingerprint density at radius 3 is 1.87 bits per heavy atom. The van der Waals surface area contributed by atoms with E-state index in [2.05, 4.69) is 6.92 Å². The summed E-state index contributed by atoms with van der Waals surface area (Å²) >= 11 is 0. The number of rotatable bonds is 2. The normalized spacial score (nSPS) is 65.2. The van der Waals surface area contributed by atoms with Gasteiger partial charge in [-0.05, 0) is 74.0 Å². The van der Waals surface area contributed by atoms with Crippen molar-refractivity contribution in [2.24, 2.45) is 16.2 Å². The van der Waals surface area contributed by atoms with Crippen LogP contribution in [0, 0.1) is 16.2 Å². The Balaban J connectivity index is 1.51. The van der Waals surface area contributed by atoms with Crippen LogP contribution >= 0.6 is 0 Å². The van der Waals surface area contributed by atoms with Crippen molar-refractivity contribution in [1.29, 1.82) is 0 Å². The van der Waals surface area contributed by atoms with Crippen LogP contribution in [0.2, 0.25) is 0 Å².